The van der Waals surface area contributed by atoms with Crippen molar-refractivity contribution in [3.8, 4) is 17.0 Å². The molecule has 202 valence electrons. The van der Waals surface area contributed by atoms with Crippen LogP contribution in [0.5, 0.6) is 5.75 Å². The molecule has 0 unspecified atom stereocenters. The summed E-state index contributed by atoms with van der Waals surface area (Å²) in [6.45, 7) is 0.486. The topological polar surface area (TPSA) is 91.8 Å². The molecular weight excluding hydrogens is 599 g/mol. The van der Waals surface area contributed by atoms with E-state index in [1.807, 2.05) is 34.5 Å². The SMILES string of the molecule is O=C(O)CCNC(=O)c1ccc(N(Cc2ccc(Br)cc2)c2nc(-c3ccc(OC(F)(F)F)cc3)cs2)cc1. The van der Waals surface area contributed by atoms with Gasteiger partial charge in [-0.1, -0.05) is 28.1 Å². The normalized spacial score (nSPS) is 11.2. The minimum absolute atomic E-state index is 0.0246. The van der Waals surface area contributed by atoms with Gasteiger partial charge in [0.05, 0.1) is 18.7 Å². The van der Waals surface area contributed by atoms with Crippen molar-refractivity contribution in [1.29, 1.82) is 0 Å². The lowest BCUT2D eigenvalue weighted by Gasteiger charge is -2.22. The van der Waals surface area contributed by atoms with Crippen LogP contribution in [-0.2, 0) is 11.3 Å². The molecular formula is C27H21BrF3N3O4S. The summed E-state index contributed by atoms with van der Waals surface area (Å²) in [6.07, 6.45) is -4.94. The number of carboxylic acids is 1. The third-order valence-electron chi connectivity index (χ3n) is 5.43. The van der Waals surface area contributed by atoms with E-state index in [4.69, 9.17) is 10.1 Å². The van der Waals surface area contributed by atoms with Crippen LogP contribution in [0, 0.1) is 0 Å². The molecule has 2 N–H and O–H groups in total. The molecule has 0 fully saturated rings. The first-order valence-corrected chi connectivity index (χ1v) is 13.2. The van der Waals surface area contributed by atoms with E-state index in [9.17, 15) is 22.8 Å². The maximum absolute atomic E-state index is 12.5. The van der Waals surface area contributed by atoms with Crippen LogP contribution in [0.25, 0.3) is 11.3 Å². The second-order valence-corrected chi connectivity index (χ2v) is 10.00. The van der Waals surface area contributed by atoms with E-state index in [-0.39, 0.29) is 24.6 Å². The number of rotatable bonds is 10. The number of alkyl halides is 3. The Balaban J connectivity index is 1.58. The highest BCUT2D eigenvalue weighted by Gasteiger charge is 2.31. The number of hydrogen-bond acceptors (Lipinski definition) is 6. The van der Waals surface area contributed by atoms with Gasteiger partial charge in [0.15, 0.2) is 5.13 Å². The lowest BCUT2D eigenvalue weighted by atomic mass is 10.1. The summed E-state index contributed by atoms with van der Waals surface area (Å²) in [4.78, 5) is 29.7. The highest BCUT2D eigenvalue weighted by molar-refractivity contribution is 9.10. The number of aliphatic carboxylic acids is 1. The number of aromatic nitrogens is 1. The van der Waals surface area contributed by atoms with E-state index in [1.165, 1.54) is 35.6 Å². The zero-order chi connectivity index (χ0) is 28.0. The van der Waals surface area contributed by atoms with Gasteiger partial charge in [0.1, 0.15) is 5.75 Å². The number of thiazole rings is 1. The number of nitrogens with zero attached hydrogens (tertiary/aromatic N) is 2. The predicted octanol–water partition coefficient (Wildman–Crippen LogP) is 7.01. The zero-order valence-corrected chi connectivity index (χ0v) is 22.5. The Morgan fingerprint density at radius 2 is 1.67 bits per heavy atom. The second-order valence-electron chi connectivity index (χ2n) is 8.25. The molecule has 7 nitrogen and oxygen atoms in total. The van der Waals surface area contributed by atoms with E-state index < -0.39 is 12.3 Å². The number of nitrogens with one attached hydrogen (secondary N) is 1. The van der Waals surface area contributed by atoms with Crippen molar-refractivity contribution in [1.82, 2.24) is 10.3 Å². The van der Waals surface area contributed by atoms with Crippen molar-refractivity contribution < 1.29 is 32.6 Å². The van der Waals surface area contributed by atoms with Crippen LogP contribution < -0.4 is 15.0 Å². The van der Waals surface area contributed by atoms with Crippen molar-refractivity contribution in [3.63, 3.8) is 0 Å². The third-order valence-corrected chi connectivity index (χ3v) is 6.82. The van der Waals surface area contributed by atoms with Gasteiger partial charge in [-0.25, -0.2) is 4.98 Å². The maximum Gasteiger partial charge on any atom is 0.573 e. The Morgan fingerprint density at radius 3 is 2.28 bits per heavy atom. The van der Waals surface area contributed by atoms with E-state index >= 15 is 0 Å². The number of carbonyl (C=O) groups is 2. The number of benzene rings is 3. The Hall–Kier alpha value is -3.90. The molecule has 0 radical (unpaired) electrons. The fourth-order valence-electron chi connectivity index (χ4n) is 3.57. The fraction of sp³-hybridized carbons (Fsp3) is 0.148. The summed E-state index contributed by atoms with van der Waals surface area (Å²) in [6, 6.07) is 20.1. The van der Waals surface area contributed by atoms with E-state index in [0.717, 1.165) is 15.7 Å². The minimum atomic E-state index is -4.77. The van der Waals surface area contributed by atoms with Gasteiger partial charge in [-0.05, 0) is 66.2 Å². The first-order chi connectivity index (χ1) is 18.6. The number of anilines is 2. The standard InChI is InChI=1S/C27H21BrF3N3O4S/c28-20-7-1-17(2-8-20)15-34(21-9-3-19(4-10-21)25(37)32-14-13-24(35)36)26-33-23(16-39-26)18-5-11-22(12-6-18)38-27(29,30)31/h1-12,16H,13-15H2,(H,32,37)(H,35,36). The Morgan fingerprint density at radius 1 is 1.00 bits per heavy atom. The predicted molar refractivity (Wildman–Crippen MR) is 145 cm³/mol. The van der Waals surface area contributed by atoms with Gasteiger partial charge >= 0.3 is 12.3 Å². The first-order valence-electron chi connectivity index (χ1n) is 11.5. The Labute approximate surface area is 234 Å². The Kier molecular flexibility index (Phi) is 8.87. The smallest absolute Gasteiger partial charge is 0.481 e. The molecule has 4 aromatic rings. The number of amides is 1. The van der Waals surface area contributed by atoms with Crippen molar-refractivity contribution in [3.05, 3.63) is 93.8 Å². The molecule has 1 heterocycles. The van der Waals surface area contributed by atoms with E-state index in [1.54, 1.807) is 24.3 Å². The number of ether oxygens (including phenoxy) is 1. The molecule has 0 atom stereocenters. The largest absolute Gasteiger partial charge is 0.573 e. The van der Waals surface area contributed by atoms with Crippen molar-refractivity contribution in [2.45, 2.75) is 19.3 Å². The highest BCUT2D eigenvalue weighted by atomic mass is 79.9. The van der Waals surface area contributed by atoms with Crippen LogP contribution >= 0.6 is 27.3 Å². The summed E-state index contributed by atoms with van der Waals surface area (Å²) in [7, 11) is 0. The summed E-state index contributed by atoms with van der Waals surface area (Å²) >= 11 is 4.80. The summed E-state index contributed by atoms with van der Waals surface area (Å²) < 4.78 is 42.3. The number of carbonyl (C=O) groups excluding carboxylic acids is 1. The van der Waals surface area contributed by atoms with E-state index in [2.05, 4.69) is 26.0 Å². The molecule has 12 heteroatoms. The van der Waals surface area contributed by atoms with Crippen LogP contribution in [-0.4, -0.2) is 34.9 Å². The quantitative estimate of drug-likeness (QED) is 0.198. The lowest BCUT2D eigenvalue weighted by Crippen LogP contribution is -2.26. The van der Waals surface area contributed by atoms with Gasteiger partial charge in [0.25, 0.3) is 5.91 Å². The van der Waals surface area contributed by atoms with Crippen molar-refractivity contribution in [2.75, 3.05) is 11.4 Å². The highest BCUT2D eigenvalue weighted by Crippen LogP contribution is 2.34. The lowest BCUT2D eigenvalue weighted by molar-refractivity contribution is -0.274. The molecule has 1 amide bonds. The third kappa shape index (κ3) is 8.04. The van der Waals surface area contributed by atoms with Gasteiger partial charge in [-0.15, -0.1) is 24.5 Å². The summed E-state index contributed by atoms with van der Waals surface area (Å²) in [5.41, 5.74) is 3.36. The second kappa shape index (κ2) is 12.3. The summed E-state index contributed by atoms with van der Waals surface area (Å²) in [5, 5.41) is 13.8. The van der Waals surface area contributed by atoms with Gasteiger partial charge < -0.3 is 20.1 Å². The number of carboxylic acid groups (broad SMARTS) is 1. The zero-order valence-electron chi connectivity index (χ0n) is 20.1. The maximum atomic E-state index is 12.5. The minimum Gasteiger partial charge on any atom is -0.481 e. The molecule has 3 aromatic carbocycles. The van der Waals surface area contributed by atoms with Crippen LogP contribution in [0.15, 0.2) is 82.6 Å². The van der Waals surface area contributed by atoms with Crippen molar-refractivity contribution in [2.24, 2.45) is 0 Å². The van der Waals surface area contributed by atoms with Gasteiger partial charge in [0.2, 0.25) is 0 Å². The molecule has 0 saturated carbocycles. The molecule has 0 aliphatic rings. The van der Waals surface area contributed by atoms with Crippen LogP contribution in [0.3, 0.4) is 0 Å². The molecule has 0 saturated heterocycles. The number of halogens is 4. The van der Waals surface area contributed by atoms with Crippen LogP contribution in [0.4, 0.5) is 24.0 Å². The van der Waals surface area contributed by atoms with Crippen LogP contribution in [0.1, 0.15) is 22.3 Å². The van der Waals surface area contributed by atoms with Gasteiger partial charge in [-0.2, -0.15) is 0 Å². The Bertz CT molecular complexity index is 1430. The van der Waals surface area contributed by atoms with Crippen molar-refractivity contribution >= 4 is 50.0 Å². The average Bonchev–Trinajstić information content (AvgIpc) is 3.38. The fourth-order valence-corrected chi connectivity index (χ4v) is 4.69. The molecule has 0 aliphatic carbocycles. The monoisotopic (exact) mass is 619 g/mol. The number of hydrogen-bond donors (Lipinski definition) is 2. The van der Waals surface area contributed by atoms with Gasteiger partial charge in [0, 0.05) is 33.2 Å². The van der Waals surface area contributed by atoms with Gasteiger partial charge in [-0.3, -0.25) is 9.59 Å². The molecule has 39 heavy (non-hydrogen) atoms. The summed E-state index contributed by atoms with van der Waals surface area (Å²) in [5.74, 6) is -1.69. The van der Waals surface area contributed by atoms with E-state index in [0.29, 0.717) is 28.5 Å². The first kappa shape index (κ1) is 28.1. The molecule has 1 aromatic heterocycles. The average molecular weight is 620 g/mol. The van der Waals surface area contributed by atoms with Crippen LogP contribution in [0.2, 0.25) is 0 Å². The molecule has 4 rings (SSSR count). The molecule has 0 spiro atoms. The molecule has 0 aliphatic heterocycles. The molecule has 0 bridgehead atoms.